The molecule has 1 fully saturated rings. The van der Waals surface area contributed by atoms with E-state index in [0.717, 1.165) is 23.1 Å². The molecule has 4 N–H and O–H groups in total. The summed E-state index contributed by atoms with van der Waals surface area (Å²) in [7, 11) is 1.49. The number of unbranched alkanes of at least 4 members (excludes halogenated alkanes) is 2. The minimum atomic E-state index is -1.41. The van der Waals surface area contributed by atoms with Crippen molar-refractivity contribution in [1.29, 1.82) is 0 Å². The molecule has 0 atom stereocenters. The zero-order valence-corrected chi connectivity index (χ0v) is 24.9. The van der Waals surface area contributed by atoms with Gasteiger partial charge in [-0.05, 0) is 80.6 Å². The van der Waals surface area contributed by atoms with Crippen LogP contribution in [0.1, 0.15) is 38.5 Å². The van der Waals surface area contributed by atoms with Gasteiger partial charge in [0.05, 0.1) is 24.9 Å². The fourth-order valence-corrected chi connectivity index (χ4v) is 5.00. The van der Waals surface area contributed by atoms with Crippen LogP contribution in [0.3, 0.4) is 0 Å². The highest BCUT2D eigenvalue weighted by atomic mass is 19.1. The van der Waals surface area contributed by atoms with Crippen molar-refractivity contribution >= 4 is 40.0 Å². The number of hydrogen-bond donors (Lipinski definition) is 3. The minimum Gasteiger partial charge on any atom is -0.493 e. The zero-order chi connectivity index (χ0) is 32.8. The van der Waals surface area contributed by atoms with Crippen molar-refractivity contribution in [2.24, 2.45) is 11.1 Å². The zero-order valence-electron chi connectivity index (χ0n) is 24.9. The molecule has 0 spiro atoms. The van der Waals surface area contributed by atoms with Crippen molar-refractivity contribution in [2.75, 3.05) is 18.6 Å². The standard InChI is InChI=1S/C33H32F2N4O7/c1-44-28-19-25-23(18-29(28)45-16-4-2-3-5-30(40)38-43)26(12-15-37-25)46-27-11-10-22(17-24(27)35)39(21-8-6-20(34)7-9-21)32(42)33(13-14-33)31(36)41/h6-12,15,17-19,43H,2-5,13-14,16H2,1H3,(H2,36,41)(H,38,40). The summed E-state index contributed by atoms with van der Waals surface area (Å²) in [6, 6.07) is 13.9. The number of rotatable bonds is 14. The van der Waals surface area contributed by atoms with Crippen molar-refractivity contribution < 1.29 is 42.6 Å². The first-order valence-corrected chi connectivity index (χ1v) is 14.6. The van der Waals surface area contributed by atoms with E-state index in [9.17, 15) is 18.8 Å². The number of pyridine rings is 1. The Morgan fingerprint density at radius 3 is 2.33 bits per heavy atom. The number of amides is 3. The second-order valence-electron chi connectivity index (χ2n) is 10.8. The van der Waals surface area contributed by atoms with Crippen molar-refractivity contribution in [3.05, 3.63) is 78.5 Å². The number of benzene rings is 3. The molecule has 0 unspecified atom stereocenters. The van der Waals surface area contributed by atoms with Crippen molar-refractivity contribution in [3.63, 3.8) is 0 Å². The predicted molar refractivity (Wildman–Crippen MR) is 163 cm³/mol. The van der Waals surface area contributed by atoms with E-state index in [2.05, 4.69) is 4.98 Å². The summed E-state index contributed by atoms with van der Waals surface area (Å²) in [6.45, 7) is 0.329. The summed E-state index contributed by atoms with van der Waals surface area (Å²) in [4.78, 5) is 42.4. The van der Waals surface area contributed by atoms with Gasteiger partial charge < -0.3 is 19.9 Å². The van der Waals surface area contributed by atoms with Crippen LogP contribution < -0.4 is 30.3 Å². The summed E-state index contributed by atoms with van der Waals surface area (Å²) in [5.41, 5.74) is 6.58. The number of fused-ring (bicyclic) bond motifs is 1. The van der Waals surface area contributed by atoms with Crippen LogP contribution in [0.5, 0.6) is 23.0 Å². The lowest BCUT2D eigenvalue weighted by atomic mass is 10.0. The second-order valence-corrected chi connectivity index (χ2v) is 10.8. The molecular weight excluding hydrogens is 602 g/mol. The Morgan fingerprint density at radius 2 is 1.67 bits per heavy atom. The number of nitrogens with two attached hydrogens (primary N) is 1. The van der Waals surface area contributed by atoms with Gasteiger partial charge >= 0.3 is 0 Å². The number of primary amides is 1. The van der Waals surface area contributed by atoms with Crippen LogP contribution in [0.15, 0.2) is 66.9 Å². The van der Waals surface area contributed by atoms with Crippen LogP contribution in [-0.2, 0) is 14.4 Å². The Hall–Kier alpha value is -5.30. The maximum absolute atomic E-state index is 15.6. The number of hydroxylamine groups is 1. The van der Waals surface area contributed by atoms with E-state index in [0.29, 0.717) is 48.3 Å². The van der Waals surface area contributed by atoms with Gasteiger partial charge in [-0.3, -0.25) is 29.5 Å². The van der Waals surface area contributed by atoms with E-state index in [-0.39, 0.29) is 42.1 Å². The van der Waals surface area contributed by atoms with Crippen LogP contribution in [0.2, 0.25) is 0 Å². The third-order valence-corrected chi connectivity index (χ3v) is 7.73. The molecule has 11 nitrogen and oxygen atoms in total. The molecule has 1 aromatic heterocycles. The summed E-state index contributed by atoms with van der Waals surface area (Å²) >= 11 is 0. The SMILES string of the molecule is COc1cc2nccc(Oc3ccc(N(C(=O)C4(C(N)=O)CC4)c4ccc(F)cc4)cc3F)c2cc1OCCCCCC(=O)NO. The number of carbonyl (C=O) groups excluding carboxylic acids is 3. The average Bonchev–Trinajstić information content (AvgIpc) is 3.87. The Labute approximate surface area is 262 Å². The molecule has 1 aliphatic carbocycles. The molecule has 240 valence electrons. The molecule has 0 aliphatic heterocycles. The van der Waals surface area contributed by atoms with Crippen molar-refractivity contribution in [3.8, 4) is 23.0 Å². The number of anilines is 2. The lowest BCUT2D eigenvalue weighted by molar-refractivity contribution is -0.133. The Balaban J connectivity index is 1.39. The third-order valence-electron chi connectivity index (χ3n) is 7.73. The lowest BCUT2D eigenvalue weighted by Crippen LogP contribution is -2.41. The quantitative estimate of drug-likeness (QED) is 0.0692. The van der Waals surface area contributed by atoms with Crippen LogP contribution in [0.4, 0.5) is 20.2 Å². The molecule has 0 bridgehead atoms. The topological polar surface area (TPSA) is 153 Å². The normalized spacial score (nSPS) is 13.1. The number of carbonyl (C=O) groups is 3. The van der Waals surface area contributed by atoms with Gasteiger partial charge in [-0.2, -0.15) is 0 Å². The number of methoxy groups -OCH3 is 1. The molecule has 1 heterocycles. The van der Waals surface area contributed by atoms with Gasteiger partial charge in [0, 0.05) is 35.8 Å². The van der Waals surface area contributed by atoms with Gasteiger partial charge in [0.25, 0.3) is 0 Å². The van der Waals surface area contributed by atoms with Crippen LogP contribution in [0, 0.1) is 17.0 Å². The summed E-state index contributed by atoms with van der Waals surface area (Å²) < 4.78 is 46.7. The first kappa shape index (κ1) is 32.1. The highest BCUT2D eigenvalue weighted by Gasteiger charge is 2.57. The molecule has 4 aromatic rings. The first-order chi connectivity index (χ1) is 22.2. The van der Waals surface area contributed by atoms with Crippen molar-refractivity contribution in [2.45, 2.75) is 38.5 Å². The van der Waals surface area contributed by atoms with Gasteiger partial charge in [0.15, 0.2) is 23.1 Å². The van der Waals surface area contributed by atoms with E-state index in [1.54, 1.807) is 23.7 Å². The van der Waals surface area contributed by atoms with E-state index in [4.69, 9.17) is 25.2 Å². The summed E-state index contributed by atoms with van der Waals surface area (Å²) in [5.74, 6) is -2.21. The van der Waals surface area contributed by atoms with Gasteiger partial charge in [-0.15, -0.1) is 0 Å². The van der Waals surface area contributed by atoms with Crippen molar-refractivity contribution in [1.82, 2.24) is 10.5 Å². The number of nitrogens with one attached hydrogen (secondary N) is 1. The van der Waals surface area contributed by atoms with Crippen LogP contribution in [0.25, 0.3) is 10.9 Å². The van der Waals surface area contributed by atoms with Crippen LogP contribution >= 0.6 is 0 Å². The van der Waals surface area contributed by atoms with Gasteiger partial charge in [0.1, 0.15) is 17.0 Å². The van der Waals surface area contributed by atoms with E-state index < -0.39 is 34.8 Å². The number of nitrogens with zero attached hydrogens (tertiary/aromatic N) is 2. The highest BCUT2D eigenvalue weighted by molar-refractivity contribution is 6.16. The minimum absolute atomic E-state index is 0.103. The maximum atomic E-state index is 15.6. The fourth-order valence-electron chi connectivity index (χ4n) is 5.00. The molecule has 0 saturated heterocycles. The highest BCUT2D eigenvalue weighted by Crippen LogP contribution is 2.49. The Morgan fingerprint density at radius 1 is 0.935 bits per heavy atom. The molecule has 5 rings (SSSR count). The molecule has 1 saturated carbocycles. The second kappa shape index (κ2) is 13.8. The lowest BCUT2D eigenvalue weighted by Gasteiger charge is -2.26. The largest absolute Gasteiger partial charge is 0.493 e. The smallest absolute Gasteiger partial charge is 0.247 e. The van der Waals surface area contributed by atoms with E-state index >= 15 is 4.39 Å². The maximum Gasteiger partial charge on any atom is 0.247 e. The molecule has 1 aliphatic rings. The number of ether oxygens (including phenoxy) is 3. The Bertz CT molecular complexity index is 1760. The number of halogens is 2. The molecule has 3 aromatic carbocycles. The predicted octanol–water partition coefficient (Wildman–Crippen LogP) is 5.69. The van der Waals surface area contributed by atoms with E-state index in [1.165, 1.54) is 37.6 Å². The Kier molecular flexibility index (Phi) is 9.61. The number of hydrogen-bond acceptors (Lipinski definition) is 8. The summed E-state index contributed by atoms with van der Waals surface area (Å²) in [6.07, 6.45) is 4.15. The molecule has 13 heteroatoms. The van der Waals surface area contributed by atoms with Gasteiger partial charge in [-0.25, -0.2) is 14.3 Å². The number of aromatic nitrogens is 1. The fraction of sp³-hybridized carbons (Fsp3) is 0.273. The third kappa shape index (κ3) is 6.84. The van der Waals surface area contributed by atoms with Gasteiger partial charge in [0.2, 0.25) is 17.7 Å². The molecular formula is C33H32F2N4O7. The monoisotopic (exact) mass is 634 g/mol. The van der Waals surface area contributed by atoms with E-state index in [1.807, 2.05) is 0 Å². The summed E-state index contributed by atoms with van der Waals surface area (Å²) in [5, 5.41) is 9.11. The molecule has 0 radical (unpaired) electrons. The van der Waals surface area contributed by atoms with Gasteiger partial charge in [-0.1, -0.05) is 0 Å². The van der Waals surface area contributed by atoms with Crippen LogP contribution in [-0.4, -0.2) is 41.6 Å². The first-order valence-electron chi connectivity index (χ1n) is 14.6. The molecule has 46 heavy (non-hydrogen) atoms. The average molecular weight is 635 g/mol. The molecule has 3 amide bonds.